The Hall–Kier alpha value is -2.87. The molecule has 3 aromatic rings. The minimum absolute atomic E-state index is 0.120. The van der Waals surface area contributed by atoms with Gasteiger partial charge in [-0.05, 0) is 23.3 Å². The van der Waals surface area contributed by atoms with Gasteiger partial charge >= 0.3 is 0 Å². The van der Waals surface area contributed by atoms with E-state index in [0.717, 1.165) is 25.2 Å². The number of carbonyl (C=O) groups excluding carboxylic acids is 2. The molecule has 2 aromatic carbocycles. The van der Waals surface area contributed by atoms with Gasteiger partial charge in [0.2, 0.25) is 0 Å². The molecule has 0 N–H and O–H groups in total. The van der Waals surface area contributed by atoms with Crippen LogP contribution < -0.4 is 0 Å². The monoisotopic (exact) mass is 497 g/mol. The Morgan fingerprint density at radius 1 is 0.824 bits per heavy atom. The number of carbonyl (C=O) groups is 2. The standard InChI is InChI=1S/C25H25Cl2N5O2/c26-20-7-6-19(14-21(20)27)17-31-12-13-32-23(25(31)34)15-22(28-32)24(33)30-10-8-29(9-11-30)16-18-4-2-1-3-5-18/h1-7,14-15H,8-13,16-17H2. The van der Waals surface area contributed by atoms with E-state index in [1.54, 1.807) is 27.8 Å². The van der Waals surface area contributed by atoms with Gasteiger partial charge in [-0.2, -0.15) is 5.10 Å². The molecule has 1 aromatic heterocycles. The maximum Gasteiger partial charge on any atom is 0.274 e. The van der Waals surface area contributed by atoms with E-state index in [-0.39, 0.29) is 11.8 Å². The molecule has 1 fully saturated rings. The fraction of sp³-hybridized carbons (Fsp3) is 0.320. The summed E-state index contributed by atoms with van der Waals surface area (Å²) in [7, 11) is 0. The van der Waals surface area contributed by atoms with E-state index in [1.165, 1.54) is 5.56 Å². The third kappa shape index (κ3) is 4.82. The second-order valence-corrected chi connectivity index (χ2v) is 9.48. The van der Waals surface area contributed by atoms with Crippen LogP contribution in [0.4, 0.5) is 0 Å². The van der Waals surface area contributed by atoms with E-state index in [2.05, 4.69) is 22.1 Å². The number of piperazine rings is 1. The van der Waals surface area contributed by atoms with Crippen molar-refractivity contribution in [3.63, 3.8) is 0 Å². The molecule has 0 unspecified atom stereocenters. The Balaban J connectivity index is 1.21. The molecule has 2 amide bonds. The molecule has 5 rings (SSSR count). The summed E-state index contributed by atoms with van der Waals surface area (Å²) in [6, 6.07) is 17.3. The van der Waals surface area contributed by atoms with Crippen molar-refractivity contribution < 1.29 is 9.59 Å². The zero-order valence-electron chi connectivity index (χ0n) is 18.7. The summed E-state index contributed by atoms with van der Waals surface area (Å²) in [5.74, 6) is -0.262. The number of rotatable bonds is 5. The number of benzene rings is 2. The van der Waals surface area contributed by atoms with Gasteiger partial charge in [-0.3, -0.25) is 19.2 Å². The predicted octanol–water partition coefficient (Wildman–Crippen LogP) is 3.80. The molecular weight excluding hydrogens is 473 g/mol. The van der Waals surface area contributed by atoms with Crippen LogP contribution >= 0.6 is 23.2 Å². The van der Waals surface area contributed by atoms with Crippen molar-refractivity contribution in [1.82, 2.24) is 24.5 Å². The van der Waals surface area contributed by atoms with E-state index < -0.39 is 0 Å². The van der Waals surface area contributed by atoms with Crippen molar-refractivity contribution in [3.05, 3.63) is 87.2 Å². The Bertz CT molecular complexity index is 1210. The number of halogens is 2. The summed E-state index contributed by atoms with van der Waals surface area (Å²) in [4.78, 5) is 32.1. The Morgan fingerprint density at radius 3 is 2.32 bits per heavy atom. The van der Waals surface area contributed by atoms with Gasteiger partial charge in [-0.15, -0.1) is 0 Å². The van der Waals surface area contributed by atoms with Crippen LogP contribution in [0.3, 0.4) is 0 Å². The van der Waals surface area contributed by atoms with Crippen LogP contribution in [0.1, 0.15) is 32.1 Å². The molecule has 3 heterocycles. The molecule has 0 saturated carbocycles. The van der Waals surface area contributed by atoms with Gasteiger partial charge in [0.1, 0.15) is 5.69 Å². The number of amides is 2. The lowest BCUT2D eigenvalue weighted by Crippen LogP contribution is -2.48. The SMILES string of the molecule is O=C(c1cc2n(n1)CCN(Cc1ccc(Cl)c(Cl)c1)C2=O)N1CCN(Cc2ccccc2)CC1. The molecule has 176 valence electrons. The lowest BCUT2D eigenvalue weighted by atomic mass is 10.1. The zero-order valence-corrected chi connectivity index (χ0v) is 20.2. The third-order valence-corrected chi connectivity index (χ3v) is 7.09. The van der Waals surface area contributed by atoms with Crippen molar-refractivity contribution >= 4 is 35.0 Å². The fourth-order valence-corrected chi connectivity index (χ4v) is 4.79. The van der Waals surface area contributed by atoms with Crippen molar-refractivity contribution in [3.8, 4) is 0 Å². The molecule has 34 heavy (non-hydrogen) atoms. The molecule has 0 atom stereocenters. The van der Waals surface area contributed by atoms with E-state index in [4.69, 9.17) is 23.2 Å². The highest BCUT2D eigenvalue weighted by Gasteiger charge is 2.30. The predicted molar refractivity (Wildman–Crippen MR) is 131 cm³/mol. The van der Waals surface area contributed by atoms with Crippen LogP contribution in [0, 0.1) is 0 Å². The Labute approximate surface area is 208 Å². The van der Waals surface area contributed by atoms with Gasteiger partial charge in [0, 0.05) is 51.9 Å². The molecule has 7 nitrogen and oxygen atoms in total. The van der Waals surface area contributed by atoms with E-state index in [9.17, 15) is 9.59 Å². The highest BCUT2D eigenvalue weighted by Crippen LogP contribution is 2.24. The quantitative estimate of drug-likeness (QED) is 0.537. The first kappa shape index (κ1) is 22.9. The molecule has 0 bridgehead atoms. The summed E-state index contributed by atoms with van der Waals surface area (Å²) >= 11 is 12.1. The van der Waals surface area contributed by atoms with Gasteiger partial charge in [0.15, 0.2) is 5.69 Å². The molecule has 2 aliphatic rings. The van der Waals surface area contributed by atoms with Crippen LogP contribution in [-0.2, 0) is 19.6 Å². The Kier molecular flexibility index (Phi) is 6.59. The Morgan fingerprint density at radius 2 is 1.59 bits per heavy atom. The summed E-state index contributed by atoms with van der Waals surface area (Å²) in [5, 5.41) is 5.40. The first-order valence-electron chi connectivity index (χ1n) is 11.3. The first-order valence-corrected chi connectivity index (χ1v) is 12.1. The maximum absolute atomic E-state index is 13.1. The molecular formula is C25H25Cl2N5O2. The van der Waals surface area contributed by atoms with Gasteiger partial charge in [-0.25, -0.2) is 0 Å². The number of nitrogens with zero attached hydrogens (tertiary/aromatic N) is 5. The number of hydrogen-bond donors (Lipinski definition) is 0. The third-order valence-electron chi connectivity index (χ3n) is 6.35. The van der Waals surface area contributed by atoms with Crippen LogP contribution in [0.15, 0.2) is 54.6 Å². The molecule has 2 aliphatic heterocycles. The maximum atomic E-state index is 13.1. The van der Waals surface area contributed by atoms with Crippen LogP contribution in [0.5, 0.6) is 0 Å². The van der Waals surface area contributed by atoms with Crippen LogP contribution in [0.25, 0.3) is 0 Å². The van der Waals surface area contributed by atoms with E-state index in [1.807, 2.05) is 29.2 Å². The fourth-order valence-electron chi connectivity index (χ4n) is 4.46. The van der Waals surface area contributed by atoms with Gasteiger partial charge < -0.3 is 9.80 Å². The molecule has 9 heteroatoms. The summed E-state index contributed by atoms with van der Waals surface area (Å²) in [6.07, 6.45) is 0. The lowest BCUT2D eigenvalue weighted by molar-refractivity contribution is 0.0619. The number of aromatic nitrogens is 2. The van der Waals surface area contributed by atoms with Crippen molar-refractivity contribution in [2.24, 2.45) is 0 Å². The molecule has 0 aliphatic carbocycles. The van der Waals surface area contributed by atoms with E-state index >= 15 is 0 Å². The van der Waals surface area contributed by atoms with Gasteiger partial charge in [-0.1, -0.05) is 59.6 Å². The van der Waals surface area contributed by atoms with Crippen molar-refractivity contribution in [2.75, 3.05) is 32.7 Å². The van der Waals surface area contributed by atoms with Crippen molar-refractivity contribution in [1.29, 1.82) is 0 Å². The smallest absolute Gasteiger partial charge is 0.274 e. The normalized spacial score (nSPS) is 16.6. The molecule has 0 radical (unpaired) electrons. The molecule has 0 spiro atoms. The second kappa shape index (κ2) is 9.78. The van der Waals surface area contributed by atoms with Crippen LogP contribution in [0.2, 0.25) is 10.0 Å². The lowest BCUT2D eigenvalue weighted by Gasteiger charge is -2.34. The second-order valence-electron chi connectivity index (χ2n) is 8.67. The zero-order chi connectivity index (χ0) is 23.7. The average molecular weight is 498 g/mol. The minimum Gasteiger partial charge on any atom is -0.335 e. The highest BCUT2D eigenvalue weighted by atomic mass is 35.5. The summed E-state index contributed by atoms with van der Waals surface area (Å²) < 4.78 is 1.65. The van der Waals surface area contributed by atoms with Gasteiger partial charge in [0.25, 0.3) is 11.8 Å². The van der Waals surface area contributed by atoms with Crippen molar-refractivity contribution in [2.45, 2.75) is 19.6 Å². The van der Waals surface area contributed by atoms with Gasteiger partial charge in [0.05, 0.1) is 16.6 Å². The number of fused-ring (bicyclic) bond motifs is 1. The first-order chi connectivity index (χ1) is 16.5. The molecule has 1 saturated heterocycles. The minimum atomic E-state index is -0.142. The highest BCUT2D eigenvalue weighted by molar-refractivity contribution is 6.42. The number of hydrogen-bond acceptors (Lipinski definition) is 4. The van der Waals surface area contributed by atoms with E-state index in [0.29, 0.717) is 54.2 Å². The summed E-state index contributed by atoms with van der Waals surface area (Å²) in [5.41, 5.74) is 2.95. The largest absolute Gasteiger partial charge is 0.335 e. The van der Waals surface area contributed by atoms with Crippen LogP contribution in [-0.4, -0.2) is 69.0 Å². The average Bonchev–Trinajstić information content (AvgIpc) is 3.29. The summed E-state index contributed by atoms with van der Waals surface area (Å²) in [6.45, 7) is 5.27. The topological polar surface area (TPSA) is 61.7 Å².